The van der Waals surface area contributed by atoms with Crippen molar-refractivity contribution in [2.24, 2.45) is 0 Å². The molecule has 0 aliphatic carbocycles. The molecule has 104 valence electrons. The quantitative estimate of drug-likeness (QED) is 0.892. The minimum absolute atomic E-state index is 0.153. The molecule has 0 unspecified atom stereocenters. The lowest BCUT2D eigenvalue weighted by Gasteiger charge is -2.18. The van der Waals surface area contributed by atoms with Gasteiger partial charge in [-0.3, -0.25) is 4.90 Å². The summed E-state index contributed by atoms with van der Waals surface area (Å²) in [5.74, 6) is 0. The number of hydrogen-bond donors (Lipinski definition) is 1. The zero-order chi connectivity index (χ0) is 13.8. The van der Waals surface area contributed by atoms with Crippen molar-refractivity contribution in [3.05, 3.63) is 34.2 Å². The number of fused-ring (bicyclic) bond motifs is 1. The van der Waals surface area contributed by atoms with Gasteiger partial charge >= 0.3 is 0 Å². The number of aliphatic hydroxyl groups is 1. The lowest BCUT2D eigenvalue weighted by atomic mass is 10.3. The van der Waals surface area contributed by atoms with E-state index in [0.717, 1.165) is 18.7 Å². The smallest absolute Gasteiger partial charge is 0.156 e. The standard InChI is InChI=1S/C13H17Cl2N3O/c1-2-3-17(4-5-19)8-11-9-18-7-10(14)6-12(15)13(18)16-11/h6-7,9,19H,2-5,8H2,1H3. The first kappa shape index (κ1) is 14.6. The first-order valence-electron chi connectivity index (χ1n) is 6.30. The number of pyridine rings is 1. The first-order valence-corrected chi connectivity index (χ1v) is 7.05. The van der Waals surface area contributed by atoms with Crippen LogP contribution in [0.2, 0.25) is 10.0 Å². The van der Waals surface area contributed by atoms with Crippen LogP contribution in [-0.2, 0) is 6.54 Å². The fraction of sp³-hybridized carbons (Fsp3) is 0.462. The van der Waals surface area contributed by atoms with Gasteiger partial charge < -0.3 is 9.51 Å². The molecule has 0 atom stereocenters. The molecule has 2 aromatic rings. The highest BCUT2D eigenvalue weighted by molar-refractivity contribution is 6.36. The summed E-state index contributed by atoms with van der Waals surface area (Å²) in [6.45, 7) is 4.55. The zero-order valence-corrected chi connectivity index (χ0v) is 12.3. The van der Waals surface area contributed by atoms with Gasteiger partial charge in [-0.05, 0) is 19.0 Å². The van der Waals surface area contributed by atoms with E-state index < -0.39 is 0 Å². The maximum Gasteiger partial charge on any atom is 0.156 e. The van der Waals surface area contributed by atoms with Gasteiger partial charge in [0.2, 0.25) is 0 Å². The van der Waals surface area contributed by atoms with Gasteiger partial charge in [0.1, 0.15) is 0 Å². The third-order valence-corrected chi connectivity index (χ3v) is 3.35. The molecular weight excluding hydrogens is 285 g/mol. The van der Waals surface area contributed by atoms with E-state index >= 15 is 0 Å². The second kappa shape index (κ2) is 6.57. The third kappa shape index (κ3) is 3.60. The van der Waals surface area contributed by atoms with E-state index in [0.29, 0.717) is 28.8 Å². The van der Waals surface area contributed by atoms with Gasteiger partial charge in [0, 0.05) is 25.5 Å². The van der Waals surface area contributed by atoms with Crippen molar-refractivity contribution in [3.63, 3.8) is 0 Å². The summed E-state index contributed by atoms with van der Waals surface area (Å²) in [5, 5.41) is 10.2. The minimum atomic E-state index is 0.153. The second-order valence-corrected chi connectivity index (χ2v) is 5.31. The maximum atomic E-state index is 9.06. The summed E-state index contributed by atoms with van der Waals surface area (Å²) in [6, 6.07) is 1.69. The van der Waals surface area contributed by atoms with Crippen molar-refractivity contribution in [2.45, 2.75) is 19.9 Å². The number of aromatic nitrogens is 2. The van der Waals surface area contributed by atoms with Gasteiger partial charge in [0.05, 0.1) is 22.3 Å². The van der Waals surface area contributed by atoms with E-state index in [9.17, 15) is 0 Å². The van der Waals surface area contributed by atoms with E-state index in [4.69, 9.17) is 28.3 Å². The molecular formula is C13H17Cl2N3O. The van der Waals surface area contributed by atoms with E-state index in [2.05, 4.69) is 16.8 Å². The molecule has 2 heterocycles. The Hall–Kier alpha value is -0.810. The van der Waals surface area contributed by atoms with Gasteiger partial charge in [-0.25, -0.2) is 4.98 Å². The molecule has 0 fully saturated rings. The van der Waals surface area contributed by atoms with E-state index in [-0.39, 0.29) is 6.61 Å². The van der Waals surface area contributed by atoms with Crippen LogP contribution in [0.3, 0.4) is 0 Å². The fourth-order valence-corrected chi connectivity index (χ4v) is 2.64. The average Bonchev–Trinajstić information content (AvgIpc) is 2.72. The second-order valence-electron chi connectivity index (χ2n) is 4.47. The minimum Gasteiger partial charge on any atom is -0.395 e. The predicted octanol–water partition coefficient (Wildman–Crippen LogP) is 2.85. The fourth-order valence-electron chi connectivity index (χ4n) is 2.11. The van der Waals surface area contributed by atoms with Crippen molar-refractivity contribution in [3.8, 4) is 0 Å². The number of nitrogens with zero attached hydrogens (tertiary/aromatic N) is 3. The number of halogens is 2. The predicted molar refractivity (Wildman–Crippen MR) is 77.9 cm³/mol. The van der Waals surface area contributed by atoms with Crippen LogP contribution in [0.25, 0.3) is 5.65 Å². The van der Waals surface area contributed by atoms with Crippen LogP contribution in [0.15, 0.2) is 18.5 Å². The Kier molecular flexibility index (Phi) is 5.05. The highest BCUT2D eigenvalue weighted by atomic mass is 35.5. The Morgan fingerprint density at radius 3 is 2.79 bits per heavy atom. The van der Waals surface area contributed by atoms with Crippen molar-refractivity contribution in [1.82, 2.24) is 14.3 Å². The zero-order valence-electron chi connectivity index (χ0n) is 10.8. The maximum absolute atomic E-state index is 9.06. The molecule has 2 aromatic heterocycles. The van der Waals surface area contributed by atoms with Crippen LogP contribution in [0, 0.1) is 0 Å². The topological polar surface area (TPSA) is 40.8 Å². The summed E-state index contributed by atoms with van der Waals surface area (Å²) < 4.78 is 1.84. The highest BCUT2D eigenvalue weighted by Crippen LogP contribution is 2.22. The summed E-state index contributed by atoms with van der Waals surface area (Å²) >= 11 is 12.1. The van der Waals surface area contributed by atoms with Gasteiger partial charge in [0.15, 0.2) is 5.65 Å². The van der Waals surface area contributed by atoms with Crippen LogP contribution in [0.4, 0.5) is 0 Å². The molecule has 0 saturated heterocycles. The molecule has 19 heavy (non-hydrogen) atoms. The summed E-state index contributed by atoms with van der Waals surface area (Å²) in [6.07, 6.45) is 4.75. The Morgan fingerprint density at radius 1 is 1.32 bits per heavy atom. The van der Waals surface area contributed by atoms with Crippen molar-refractivity contribution in [2.75, 3.05) is 19.7 Å². The van der Waals surface area contributed by atoms with Gasteiger partial charge in [-0.15, -0.1) is 0 Å². The first-order chi connectivity index (χ1) is 9.13. The molecule has 2 rings (SSSR count). The van der Waals surface area contributed by atoms with Gasteiger partial charge in [-0.2, -0.15) is 0 Å². The van der Waals surface area contributed by atoms with Crippen LogP contribution in [-0.4, -0.2) is 39.1 Å². The average molecular weight is 302 g/mol. The SMILES string of the molecule is CCCN(CCO)Cc1cn2cc(Cl)cc(Cl)c2n1. The van der Waals surface area contributed by atoms with E-state index in [1.807, 2.05) is 10.6 Å². The molecule has 0 aliphatic rings. The lowest BCUT2D eigenvalue weighted by Crippen LogP contribution is -2.27. The van der Waals surface area contributed by atoms with Crippen molar-refractivity contribution in [1.29, 1.82) is 0 Å². The molecule has 0 bridgehead atoms. The number of imidazole rings is 1. The van der Waals surface area contributed by atoms with E-state index in [1.165, 1.54) is 0 Å². The number of rotatable bonds is 6. The molecule has 6 heteroatoms. The molecule has 0 radical (unpaired) electrons. The molecule has 4 nitrogen and oxygen atoms in total. The monoisotopic (exact) mass is 301 g/mol. The number of aliphatic hydroxyl groups excluding tert-OH is 1. The van der Waals surface area contributed by atoms with Crippen LogP contribution in [0.1, 0.15) is 19.0 Å². The highest BCUT2D eigenvalue weighted by Gasteiger charge is 2.10. The summed E-state index contributed by atoms with van der Waals surface area (Å²) in [5.41, 5.74) is 1.63. The van der Waals surface area contributed by atoms with Crippen molar-refractivity contribution >= 4 is 28.8 Å². The Balaban J connectivity index is 2.23. The van der Waals surface area contributed by atoms with E-state index in [1.54, 1.807) is 12.3 Å². The molecule has 0 saturated carbocycles. The summed E-state index contributed by atoms with van der Waals surface area (Å²) in [7, 11) is 0. The van der Waals surface area contributed by atoms with Crippen LogP contribution >= 0.6 is 23.2 Å². The van der Waals surface area contributed by atoms with Gasteiger partial charge in [-0.1, -0.05) is 30.1 Å². The Labute approximate surface area is 122 Å². The molecule has 0 amide bonds. The molecule has 0 aliphatic heterocycles. The van der Waals surface area contributed by atoms with Gasteiger partial charge in [0.25, 0.3) is 0 Å². The lowest BCUT2D eigenvalue weighted by molar-refractivity contribution is 0.189. The molecule has 0 aromatic carbocycles. The largest absolute Gasteiger partial charge is 0.395 e. The van der Waals surface area contributed by atoms with Crippen LogP contribution < -0.4 is 0 Å². The molecule has 0 spiro atoms. The molecule has 1 N–H and O–H groups in total. The van der Waals surface area contributed by atoms with Crippen LogP contribution in [0.5, 0.6) is 0 Å². The third-order valence-electron chi connectivity index (χ3n) is 2.86. The number of hydrogen-bond acceptors (Lipinski definition) is 3. The van der Waals surface area contributed by atoms with Crippen molar-refractivity contribution < 1.29 is 5.11 Å². The summed E-state index contributed by atoms with van der Waals surface area (Å²) in [4.78, 5) is 6.67. The normalized spacial score (nSPS) is 11.6. The Morgan fingerprint density at radius 2 is 2.11 bits per heavy atom. The Bertz CT molecular complexity index is 550.